The fourth-order valence-corrected chi connectivity index (χ4v) is 4.04. The summed E-state index contributed by atoms with van der Waals surface area (Å²) < 4.78 is 13.6. The topological polar surface area (TPSA) is 76.8 Å². The monoisotopic (exact) mass is 293 g/mol. The molecule has 1 aromatic rings. The van der Waals surface area contributed by atoms with Crippen LogP contribution in [-0.4, -0.2) is 46.5 Å². The van der Waals surface area contributed by atoms with Crippen LogP contribution in [0.3, 0.4) is 0 Å². The average molecular weight is 293 g/mol. The molecule has 2 aliphatic heterocycles. The molecule has 6 nitrogen and oxygen atoms in total. The Morgan fingerprint density at radius 3 is 2.81 bits per heavy atom. The van der Waals surface area contributed by atoms with Crippen molar-refractivity contribution in [2.75, 3.05) is 13.2 Å². The van der Waals surface area contributed by atoms with Gasteiger partial charge in [0, 0.05) is 6.20 Å². The maximum absolute atomic E-state index is 5.84. The summed E-state index contributed by atoms with van der Waals surface area (Å²) in [6.07, 6.45) is 10.2. The van der Waals surface area contributed by atoms with Crippen molar-refractivity contribution in [1.29, 1.82) is 0 Å². The number of hydrogen-bond donors (Lipinski definition) is 1. The third kappa shape index (κ3) is 2.60. The summed E-state index contributed by atoms with van der Waals surface area (Å²) in [6.45, 7) is 1.35. The highest BCUT2D eigenvalue weighted by Gasteiger charge is 2.49. The zero-order chi connectivity index (χ0) is 14.2. The van der Waals surface area contributed by atoms with Gasteiger partial charge in [-0.3, -0.25) is 0 Å². The minimum absolute atomic E-state index is 0.0942. The Morgan fingerprint density at radius 1 is 1.14 bits per heavy atom. The summed E-state index contributed by atoms with van der Waals surface area (Å²) in [4.78, 5) is 0. The predicted molar refractivity (Wildman–Crippen MR) is 75.5 cm³/mol. The van der Waals surface area contributed by atoms with Crippen molar-refractivity contribution < 1.29 is 15.2 Å². The van der Waals surface area contributed by atoms with Crippen LogP contribution in [0.4, 0.5) is 0 Å². The molecule has 21 heavy (non-hydrogen) atoms. The first-order chi connectivity index (χ1) is 10.3. The predicted octanol–water partition coefficient (Wildman–Crippen LogP) is 0.350. The van der Waals surface area contributed by atoms with E-state index in [1.54, 1.807) is 0 Å². The van der Waals surface area contributed by atoms with Crippen molar-refractivity contribution in [1.82, 2.24) is 15.0 Å². The molecular weight excluding hydrogens is 268 g/mol. The van der Waals surface area contributed by atoms with Crippen molar-refractivity contribution in [3.05, 3.63) is 11.9 Å². The van der Waals surface area contributed by atoms with E-state index in [1.165, 1.54) is 32.1 Å². The smallest absolute Gasteiger partial charge is 0.140 e. The molecule has 0 aromatic carbocycles. The van der Waals surface area contributed by atoms with E-state index in [1.807, 2.05) is 4.68 Å². The molecule has 2 saturated heterocycles. The van der Waals surface area contributed by atoms with Gasteiger partial charge in [-0.25, -0.2) is 4.68 Å². The average Bonchev–Trinajstić information content (AvgIpc) is 3.18. The number of ether oxygens (including phenoxy) is 2. The molecule has 0 unspecified atom stereocenters. The minimum Gasteiger partial charge on any atom is -0.367 e. The third-order valence-electron chi connectivity index (χ3n) is 5.25. The van der Waals surface area contributed by atoms with E-state index >= 15 is 0 Å². The van der Waals surface area contributed by atoms with Gasteiger partial charge < -0.3 is 15.2 Å². The first-order valence-electron chi connectivity index (χ1n) is 8.28. The molecular formula is C15H25N4O2+. The molecule has 1 aromatic heterocycles. The van der Waals surface area contributed by atoms with Gasteiger partial charge in [-0.2, -0.15) is 0 Å². The second kappa shape index (κ2) is 5.66. The van der Waals surface area contributed by atoms with E-state index in [0.717, 1.165) is 18.0 Å². The lowest BCUT2D eigenvalue weighted by Crippen LogP contribution is -2.66. The zero-order valence-corrected chi connectivity index (χ0v) is 12.5. The normalized spacial score (nSPS) is 37.0. The second-order valence-electron chi connectivity index (χ2n) is 6.82. The molecule has 0 bridgehead atoms. The van der Waals surface area contributed by atoms with E-state index in [-0.39, 0.29) is 24.3 Å². The van der Waals surface area contributed by atoms with E-state index in [2.05, 4.69) is 22.2 Å². The van der Waals surface area contributed by atoms with Crippen LogP contribution >= 0.6 is 0 Å². The number of rotatable bonds is 3. The fraction of sp³-hybridized carbons (Fsp3) is 0.867. The third-order valence-corrected chi connectivity index (χ3v) is 5.25. The zero-order valence-electron chi connectivity index (χ0n) is 12.5. The van der Waals surface area contributed by atoms with Crippen LogP contribution < -0.4 is 5.73 Å². The maximum atomic E-state index is 5.84. The molecule has 116 valence electrons. The lowest BCUT2D eigenvalue weighted by atomic mass is 9.86. The van der Waals surface area contributed by atoms with Crippen LogP contribution in [0.2, 0.25) is 0 Å². The van der Waals surface area contributed by atoms with Gasteiger partial charge in [-0.1, -0.05) is 37.3 Å². The van der Waals surface area contributed by atoms with Crippen LogP contribution in [0.5, 0.6) is 0 Å². The van der Waals surface area contributed by atoms with Crippen molar-refractivity contribution in [3.8, 4) is 0 Å². The summed E-state index contributed by atoms with van der Waals surface area (Å²) in [5.74, 6) is 0.795. The quantitative estimate of drug-likeness (QED) is 0.872. The maximum Gasteiger partial charge on any atom is 0.140 e. The summed E-state index contributed by atoms with van der Waals surface area (Å²) in [5, 5.41) is 8.71. The molecule has 1 saturated carbocycles. The summed E-state index contributed by atoms with van der Waals surface area (Å²) >= 11 is 0. The Bertz CT molecular complexity index is 486. The Labute approximate surface area is 125 Å². The van der Waals surface area contributed by atoms with E-state index < -0.39 is 0 Å². The van der Waals surface area contributed by atoms with Gasteiger partial charge in [0.25, 0.3) is 0 Å². The Kier molecular flexibility index (Phi) is 3.69. The lowest BCUT2D eigenvalue weighted by Gasteiger charge is -2.20. The van der Waals surface area contributed by atoms with E-state index in [0.29, 0.717) is 13.2 Å². The first-order valence-corrected chi connectivity index (χ1v) is 8.28. The molecule has 6 heteroatoms. The van der Waals surface area contributed by atoms with Gasteiger partial charge in [-0.15, -0.1) is 5.10 Å². The van der Waals surface area contributed by atoms with Gasteiger partial charge in [0.15, 0.2) is 0 Å². The SMILES string of the molecule is [NH3+][C@H]1CO[C@H]2[C@@H]1OC[C@@H]2n1cc(CC2CCCCC2)nn1. The van der Waals surface area contributed by atoms with Gasteiger partial charge >= 0.3 is 0 Å². The lowest BCUT2D eigenvalue weighted by molar-refractivity contribution is -0.430. The molecule has 3 fully saturated rings. The highest BCUT2D eigenvalue weighted by atomic mass is 16.6. The number of fused-ring (bicyclic) bond motifs is 1. The van der Waals surface area contributed by atoms with Crippen molar-refractivity contribution >= 4 is 0 Å². The molecule has 4 rings (SSSR count). The van der Waals surface area contributed by atoms with E-state index in [4.69, 9.17) is 9.47 Å². The number of aromatic nitrogens is 3. The fourth-order valence-electron chi connectivity index (χ4n) is 4.04. The second-order valence-corrected chi connectivity index (χ2v) is 6.82. The van der Waals surface area contributed by atoms with Gasteiger partial charge in [0.1, 0.15) is 30.9 Å². The molecule has 3 N–H and O–H groups in total. The standard InChI is InChI=1S/C15H24N4O2/c16-12-8-20-15-13(9-21-14(12)15)19-7-11(17-18-19)6-10-4-2-1-3-5-10/h7,10,12-15H,1-6,8-9,16H2/p+1/t12-,13-,14+,15+/m0/s1. The number of quaternary nitrogens is 1. The van der Waals surface area contributed by atoms with Crippen LogP contribution in [0.25, 0.3) is 0 Å². The van der Waals surface area contributed by atoms with Crippen LogP contribution in [0.15, 0.2) is 6.20 Å². The van der Waals surface area contributed by atoms with Crippen LogP contribution in [0.1, 0.15) is 43.8 Å². The van der Waals surface area contributed by atoms with Crippen molar-refractivity contribution in [2.24, 2.45) is 5.92 Å². The van der Waals surface area contributed by atoms with Crippen molar-refractivity contribution in [2.45, 2.75) is 62.8 Å². The van der Waals surface area contributed by atoms with Gasteiger partial charge in [0.05, 0.1) is 12.3 Å². The number of hydrogen-bond acceptors (Lipinski definition) is 4. The highest BCUT2D eigenvalue weighted by Crippen LogP contribution is 2.33. The number of nitrogens with zero attached hydrogens (tertiary/aromatic N) is 3. The molecule has 3 aliphatic rings. The van der Waals surface area contributed by atoms with Gasteiger partial charge in [0.2, 0.25) is 0 Å². The molecule has 3 heterocycles. The Morgan fingerprint density at radius 2 is 1.95 bits per heavy atom. The Hall–Kier alpha value is -0.980. The van der Waals surface area contributed by atoms with Crippen LogP contribution in [0, 0.1) is 5.92 Å². The highest BCUT2D eigenvalue weighted by molar-refractivity contribution is 5.01. The molecule has 0 radical (unpaired) electrons. The molecule has 0 amide bonds. The molecule has 0 spiro atoms. The summed E-state index contributed by atoms with van der Waals surface area (Å²) in [7, 11) is 0. The Balaban J connectivity index is 1.42. The molecule has 4 atom stereocenters. The first kappa shape index (κ1) is 13.7. The summed E-state index contributed by atoms with van der Waals surface area (Å²) in [6, 6.07) is 0.402. The van der Waals surface area contributed by atoms with E-state index in [9.17, 15) is 0 Å². The summed E-state index contributed by atoms with van der Waals surface area (Å²) in [5.41, 5.74) is 5.22. The van der Waals surface area contributed by atoms with Crippen LogP contribution in [-0.2, 0) is 15.9 Å². The van der Waals surface area contributed by atoms with Crippen molar-refractivity contribution in [3.63, 3.8) is 0 Å². The molecule has 1 aliphatic carbocycles. The largest absolute Gasteiger partial charge is 0.367 e. The van der Waals surface area contributed by atoms with Gasteiger partial charge in [-0.05, 0) is 12.3 Å². The minimum atomic E-state index is 0.0942.